The van der Waals surface area contributed by atoms with Crippen molar-refractivity contribution < 1.29 is 14.0 Å². The van der Waals surface area contributed by atoms with Crippen molar-refractivity contribution in [3.63, 3.8) is 0 Å². The second-order valence-electron chi connectivity index (χ2n) is 11.7. The number of fused-ring (bicyclic) bond motifs is 2. The summed E-state index contributed by atoms with van der Waals surface area (Å²) < 4.78 is 21.0. The van der Waals surface area contributed by atoms with E-state index in [1.165, 1.54) is 4.88 Å². The number of nitriles is 1. The van der Waals surface area contributed by atoms with Crippen molar-refractivity contribution >= 4 is 22.5 Å². The molecule has 43 heavy (non-hydrogen) atoms. The quantitative estimate of drug-likeness (QED) is 0.256. The first kappa shape index (κ1) is 29.5. The molecule has 2 aliphatic rings. The lowest BCUT2D eigenvalue weighted by molar-refractivity contribution is 0.187. The summed E-state index contributed by atoms with van der Waals surface area (Å²) in [6.45, 7) is 6.35. The van der Waals surface area contributed by atoms with E-state index in [-0.39, 0.29) is 17.6 Å². The highest BCUT2D eigenvalue weighted by Gasteiger charge is 2.34. The third-order valence-electron chi connectivity index (χ3n) is 8.95. The zero-order valence-electron chi connectivity index (χ0n) is 25.6. The zero-order chi connectivity index (χ0) is 30.2. The van der Waals surface area contributed by atoms with Crippen LogP contribution in [0.15, 0.2) is 9.32 Å². The Morgan fingerprint density at radius 1 is 1.21 bits per heavy atom. The third-order valence-corrected chi connectivity index (χ3v) is 10.1. The van der Waals surface area contributed by atoms with Gasteiger partial charge >= 0.3 is 5.69 Å². The molecule has 0 saturated carbocycles. The van der Waals surface area contributed by atoms with Crippen LogP contribution in [0.2, 0.25) is 0 Å². The summed E-state index contributed by atoms with van der Waals surface area (Å²) in [5, 5.41) is 14.7. The van der Waals surface area contributed by atoms with Crippen molar-refractivity contribution in [2.24, 2.45) is 7.05 Å². The Labute approximate surface area is 255 Å². The topological polar surface area (TPSA) is 124 Å². The molecule has 1 fully saturated rings. The van der Waals surface area contributed by atoms with Crippen molar-refractivity contribution in [1.82, 2.24) is 29.2 Å². The molecular weight excluding hydrogens is 566 g/mol. The SMILES string of the molecule is CCCc1c([C@H]2CCCc3sc(C)c(C#N)c32)noc1-c1nc(OC[C@@H]2CCCN2C)c2c(n1)n(CCOC)c(=O)n2C. The van der Waals surface area contributed by atoms with E-state index in [0.29, 0.717) is 48.4 Å². The van der Waals surface area contributed by atoms with Crippen molar-refractivity contribution in [2.45, 2.75) is 77.3 Å². The van der Waals surface area contributed by atoms with E-state index in [1.807, 2.05) is 6.92 Å². The van der Waals surface area contributed by atoms with Crippen LogP contribution in [0.4, 0.5) is 0 Å². The monoisotopic (exact) mass is 605 g/mol. The van der Waals surface area contributed by atoms with Gasteiger partial charge in [0.25, 0.3) is 0 Å². The summed E-state index contributed by atoms with van der Waals surface area (Å²) in [6.07, 6.45) is 6.69. The van der Waals surface area contributed by atoms with Crippen LogP contribution < -0.4 is 10.4 Å². The molecule has 12 heteroatoms. The third kappa shape index (κ3) is 5.17. The molecule has 1 saturated heterocycles. The molecule has 2 atom stereocenters. The lowest BCUT2D eigenvalue weighted by Gasteiger charge is -2.22. The second-order valence-corrected chi connectivity index (χ2v) is 13.0. The molecule has 0 amide bonds. The summed E-state index contributed by atoms with van der Waals surface area (Å²) in [4.78, 5) is 27.8. The number of nitrogens with zero attached hydrogens (tertiary/aromatic N) is 7. The number of methoxy groups -OCH3 is 1. The van der Waals surface area contributed by atoms with Crippen LogP contribution in [-0.4, -0.2) is 69.1 Å². The Hall–Kier alpha value is -3.53. The smallest absolute Gasteiger partial charge is 0.330 e. The fourth-order valence-electron chi connectivity index (χ4n) is 6.68. The van der Waals surface area contributed by atoms with Gasteiger partial charge in [-0.05, 0) is 64.6 Å². The first-order chi connectivity index (χ1) is 20.9. The first-order valence-electron chi connectivity index (χ1n) is 15.2. The van der Waals surface area contributed by atoms with Gasteiger partial charge in [-0.25, -0.2) is 9.78 Å². The molecule has 6 rings (SSSR count). The number of ether oxygens (including phenoxy) is 2. The number of likely N-dealkylation sites (N-methyl/N-ethyl adjacent to an activating group) is 1. The van der Waals surface area contributed by atoms with Gasteiger partial charge in [-0.3, -0.25) is 9.13 Å². The van der Waals surface area contributed by atoms with Gasteiger partial charge in [0.15, 0.2) is 11.2 Å². The minimum absolute atomic E-state index is 0.0173. The van der Waals surface area contributed by atoms with E-state index < -0.39 is 0 Å². The van der Waals surface area contributed by atoms with Gasteiger partial charge in [0.05, 0.1) is 24.4 Å². The number of hydrogen-bond donors (Lipinski definition) is 0. The molecule has 4 aromatic heterocycles. The molecule has 11 nitrogen and oxygen atoms in total. The molecule has 0 spiro atoms. The number of likely N-dealkylation sites (tertiary alicyclic amines) is 1. The maximum Gasteiger partial charge on any atom is 0.330 e. The maximum atomic E-state index is 13.3. The Balaban J connectivity index is 1.49. The van der Waals surface area contributed by atoms with Gasteiger partial charge < -0.3 is 18.9 Å². The summed E-state index contributed by atoms with van der Waals surface area (Å²) in [6, 6.07) is 2.73. The Morgan fingerprint density at radius 3 is 2.77 bits per heavy atom. The van der Waals surface area contributed by atoms with Crippen molar-refractivity contribution in [3.05, 3.63) is 42.6 Å². The second kappa shape index (κ2) is 12.2. The van der Waals surface area contributed by atoms with Crippen LogP contribution in [0.1, 0.15) is 77.1 Å². The highest BCUT2D eigenvalue weighted by Crippen LogP contribution is 2.45. The summed E-state index contributed by atoms with van der Waals surface area (Å²) in [5.74, 6) is 1.18. The average molecular weight is 606 g/mol. The molecule has 1 aliphatic carbocycles. The number of aromatic nitrogens is 5. The molecular formula is C31H39N7O4S. The lowest BCUT2D eigenvalue weighted by Crippen LogP contribution is -2.30. The molecule has 1 aliphatic heterocycles. The maximum absolute atomic E-state index is 13.3. The Bertz CT molecular complexity index is 1740. The van der Waals surface area contributed by atoms with Gasteiger partial charge in [0, 0.05) is 41.4 Å². The predicted octanol–water partition coefficient (Wildman–Crippen LogP) is 4.57. The fraction of sp³-hybridized carbons (Fsp3) is 0.581. The molecule has 0 N–H and O–H groups in total. The highest BCUT2D eigenvalue weighted by molar-refractivity contribution is 7.12. The van der Waals surface area contributed by atoms with Crippen LogP contribution >= 0.6 is 11.3 Å². The number of imidazole rings is 1. The van der Waals surface area contributed by atoms with E-state index in [9.17, 15) is 10.1 Å². The number of rotatable bonds is 10. The van der Waals surface area contributed by atoms with Gasteiger partial charge in [-0.1, -0.05) is 18.5 Å². The van der Waals surface area contributed by atoms with E-state index in [2.05, 4.69) is 30.1 Å². The normalized spacial score (nSPS) is 18.8. The number of aryl methyl sites for hydroxylation is 3. The van der Waals surface area contributed by atoms with Gasteiger partial charge in [-0.2, -0.15) is 10.2 Å². The van der Waals surface area contributed by atoms with Crippen LogP contribution in [-0.2, 0) is 31.2 Å². The number of thiophene rings is 1. The van der Waals surface area contributed by atoms with Crippen molar-refractivity contribution in [2.75, 3.05) is 33.9 Å². The predicted molar refractivity (Wildman–Crippen MR) is 164 cm³/mol. The van der Waals surface area contributed by atoms with Crippen LogP contribution in [0.3, 0.4) is 0 Å². The van der Waals surface area contributed by atoms with E-state index >= 15 is 0 Å². The van der Waals surface area contributed by atoms with Crippen LogP contribution in [0, 0.1) is 18.3 Å². The molecule has 4 aromatic rings. The van der Waals surface area contributed by atoms with Crippen LogP contribution in [0.5, 0.6) is 5.88 Å². The van der Waals surface area contributed by atoms with Crippen LogP contribution in [0.25, 0.3) is 22.7 Å². The molecule has 228 valence electrons. The summed E-state index contributed by atoms with van der Waals surface area (Å²) >= 11 is 1.72. The van der Waals surface area contributed by atoms with Crippen molar-refractivity contribution in [1.29, 1.82) is 5.26 Å². The molecule has 0 radical (unpaired) electrons. The minimum Gasteiger partial charge on any atom is -0.474 e. The highest BCUT2D eigenvalue weighted by atomic mass is 32.1. The summed E-state index contributed by atoms with van der Waals surface area (Å²) in [7, 11) is 5.44. The standard InChI is InChI=1S/C31H39N7O4S/c1-6-9-21-25(20-11-7-12-23-24(20)22(16-32)18(2)43-23)35-42-27(21)28-33-29-26(37(4)31(39)38(29)14-15-40-5)30(34-28)41-17-19-10-8-13-36(19)3/h19-20H,6-15,17H2,1-5H3/t19-,20-/m0/s1. The Kier molecular flexibility index (Phi) is 8.40. The first-order valence-corrected chi connectivity index (χ1v) is 16.0. The largest absolute Gasteiger partial charge is 0.474 e. The molecule has 5 heterocycles. The van der Waals surface area contributed by atoms with Gasteiger partial charge in [0.1, 0.15) is 12.7 Å². The van der Waals surface area contributed by atoms with Gasteiger partial charge in [0.2, 0.25) is 17.5 Å². The molecule has 0 bridgehead atoms. The van der Waals surface area contributed by atoms with E-state index in [0.717, 1.165) is 78.8 Å². The minimum atomic E-state index is -0.208. The zero-order valence-corrected chi connectivity index (χ0v) is 26.4. The average Bonchev–Trinajstić information content (AvgIpc) is 3.75. The number of hydrogen-bond acceptors (Lipinski definition) is 10. The fourth-order valence-corrected chi connectivity index (χ4v) is 7.91. The van der Waals surface area contributed by atoms with E-state index in [4.69, 9.17) is 24.0 Å². The summed E-state index contributed by atoms with van der Waals surface area (Å²) in [5.41, 5.74) is 4.50. The van der Waals surface area contributed by atoms with Gasteiger partial charge in [-0.15, -0.1) is 11.3 Å². The van der Waals surface area contributed by atoms with Crippen molar-refractivity contribution in [3.8, 4) is 23.5 Å². The van der Waals surface area contributed by atoms with E-state index in [1.54, 1.807) is 34.6 Å². The Morgan fingerprint density at radius 2 is 2.05 bits per heavy atom. The molecule has 0 unspecified atom stereocenters. The molecule has 0 aromatic carbocycles. The lowest BCUT2D eigenvalue weighted by atomic mass is 9.81.